The van der Waals surface area contributed by atoms with Crippen molar-refractivity contribution in [1.29, 1.82) is 5.26 Å². The molecule has 0 aliphatic rings. The van der Waals surface area contributed by atoms with E-state index in [1.165, 1.54) is 16.7 Å². The Kier molecular flexibility index (Phi) is 3.38. The highest BCUT2D eigenvalue weighted by Crippen LogP contribution is 2.10. The number of pyridine rings is 1. The first-order valence-electron chi connectivity index (χ1n) is 6.47. The van der Waals surface area contributed by atoms with Crippen molar-refractivity contribution >= 4 is 17.2 Å². The normalized spacial score (nSPS) is 10.1. The van der Waals surface area contributed by atoms with Crippen molar-refractivity contribution in [3.63, 3.8) is 0 Å². The van der Waals surface area contributed by atoms with E-state index in [4.69, 9.17) is 5.26 Å². The molecule has 0 aliphatic heterocycles. The second kappa shape index (κ2) is 5.50. The highest BCUT2D eigenvalue weighted by molar-refractivity contribution is 6.04. The van der Waals surface area contributed by atoms with Crippen molar-refractivity contribution in [1.82, 2.24) is 9.38 Å². The summed E-state index contributed by atoms with van der Waals surface area (Å²) in [6, 6.07) is 13.6. The van der Waals surface area contributed by atoms with E-state index in [1.807, 2.05) is 6.07 Å². The van der Waals surface area contributed by atoms with E-state index >= 15 is 0 Å². The first-order valence-corrected chi connectivity index (χ1v) is 6.47. The van der Waals surface area contributed by atoms with Crippen LogP contribution in [0, 0.1) is 11.3 Å². The molecule has 0 saturated carbocycles. The number of rotatable bonds is 2. The van der Waals surface area contributed by atoms with Gasteiger partial charge in [-0.1, -0.05) is 12.1 Å². The van der Waals surface area contributed by atoms with Crippen molar-refractivity contribution < 1.29 is 4.79 Å². The van der Waals surface area contributed by atoms with E-state index in [9.17, 15) is 9.59 Å². The van der Waals surface area contributed by atoms with Gasteiger partial charge in [-0.2, -0.15) is 5.26 Å². The Bertz CT molecular complexity index is 970. The van der Waals surface area contributed by atoms with Crippen molar-refractivity contribution in [2.75, 3.05) is 5.32 Å². The minimum absolute atomic E-state index is 0.0638. The standard InChI is InChI=1S/C16H10N4O2/c17-9-11-4-3-5-12(8-11)19-15(21)13-10-18-14-6-1-2-7-20(14)16(13)22/h1-8,10H,(H,19,21). The van der Waals surface area contributed by atoms with Crippen LogP contribution < -0.4 is 10.9 Å². The Morgan fingerprint density at radius 1 is 1.23 bits per heavy atom. The van der Waals surface area contributed by atoms with Crippen LogP contribution in [0.15, 0.2) is 59.7 Å². The summed E-state index contributed by atoms with van der Waals surface area (Å²) >= 11 is 0. The van der Waals surface area contributed by atoms with Crippen LogP contribution in [0.1, 0.15) is 15.9 Å². The van der Waals surface area contributed by atoms with Crippen LogP contribution in [0.4, 0.5) is 5.69 Å². The second-order valence-corrected chi connectivity index (χ2v) is 4.55. The molecule has 0 unspecified atom stereocenters. The zero-order valence-corrected chi connectivity index (χ0v) is 11.4. The van der Waals surface area contributed by atoms with Gasteiger partial charge in [-0.15, -0.1) is 0 Å². The Hall–Kier alpha value is -3.46. The lowest BCUT2D eigenvalue weighted by atomic mass is 10.2. The maximum atomic E-state index is 12.3. The van der Waals surface area contributed by atoms with Gasteiger partial charge in [0.15, 0.2) is 0 Å². The quantitative estimate of drug-likeness (QED) is 0.779. The number of carbonyl (C=O) groups is 1. The van der Waals surface area contributed by atoms with Gasteiger partial charge in [0.25, 0.3) is 11.5 Å². The third-order valence-electron chi connectivity index (χ3n) is 3.11. The first kappa shape index (κ1) is 13.5. The van der Waals surface area contributed by atoms with E-state index in [-0.39, 0.29) is 5.56 Å². The van der Waals surface area contributed by atoms with Gasteiger partial charge in [-0.25, -0.2) is 4.98 Å². The molecule has 2 heterocycles. The Morgan fingerprint density at radius 3 is 2.91 bits per heavy atom. The van der Waals surface area contributed by atoms with Gasteiger partial charge < -0.3 is 5.32 Å². The van der Waals surface area contributed by atoms with E-state index in [2.05, 4.69) is 10.3 Å². The van der Waals surface area contributed by atoms with Gasteiger partial charge >= 0.3 is 0 Å². The molecule has 0 aliphatic carbocycles. The number of amides is 1. The molecule has 106 valence electrons. The number of nitrogens with one attached hydrogen (secondary N) is 1. The average Bonchev–Trinajstić information content (AvgIpc) is 2.55. The van der Waals surface area contributed by atoms with Crippen molar-refractivity contribution in [2.24, 2.45) is 0 Å². The second-order valence-electron chi connectivity index (χ2n) is 4.55. The van der Waals surface area contributed by atoms with E-state index in [0.29, 0.717) is 16.9 Å². The lowest BCUT2D eigenvalue weighted by Gasteiger charge is -2.06. The maximum absolute atomic E-state index is 12.3. The summed E-state index contributed by atoms with van der Waals surface area (Å²) < 4.78 is 1.31. The molecule has 1 N–H and O–H groups in total. The largest absolute Gasteiger partial charge is 0.322 e. The number of nitriles is 1. The summed E-state index contributed by atoms with van der Waals surface area (Å²) in [5.41, 5.74) is 0.828. The van der Waals surface area contributed by atoms with Crippen LogP contribution in [0.25, 0.3) is 5.65 Å². The van der Waals surface area contributed by atoms with Crippen LogP contribution in [-0.2, 0) is 0 Å². The molecule has 0 spiro atoms. The van der Waals surface area contributed by atoms with Gasteiger partial charge in [-0.05, 0) is 30.3 Å². The summed E-state index contributed by atoms with van der Waals surface area (Å²) in [5.74, 6) is -0.564. The molecule has 6 nitrogen and oxygen atoms in total. The highest BCUT2D eigenvalue weighted by atomic mass is 16.2. The fraction of sp³-hybridized carbons (Fsp3) is 0. The van der Waals surface area contributed by atoms with Gasteiger partial charge in [-0.3, -0.25) is 14.0 Å². The molecule has 1 aromatic carbocycles. The lowest BCUT2D eigenvalue weighted by Crippen LogP contribution is -2.26. The number of hydrogen-bond acceptors (Lipinski definition) is 4. The summed E-state index contributed by atoms with van der Waals surface area (Å²) in [7, 11) is 0. The van der Waals surface area contributed by atoms with E-state index in [0.717, 1.165) is 0 Å². The molecule has 6 heteroatoms. The molecule has 3 aromatic rings. The molecule has 0 atom stereocenters. The van der Waals surface area contributed by atoms with Crippen LogP contribution in [0.3, 0.4) is 0 Å². The number of hydrogen-bond donors (Lipinski definition) is 1. The van der Waals surface area contributed by atoms with Crippen LogP contribution in [0.5, 0.6) is 0 Å². The predicted octanol–water partition coefficient (Wildman–Crippen LogP) is 1.82. The van der Waals surface area contributed by atoms with Gasteiger partial charge in [0.2, 0.25) is 0 Å². The van der Waals surface area contributed by atoms with Crippen molar-refractivity contribution in [2.45, 2.75) is 0 Å². The summed E-state index contributed by atoms with van der Waals surface area (Å²) in [5, 5.41) is 11.4. The smallest absolute Gasteiger partial charge is 0.270 e. The Balaban J connectivity index is 1.97. The van der Waals surface area contributed by atoms with Gasteiger partial charge in [0, 0.05) is 18.1 Å². The third-order valence-corrected chi connectivity index (χ3v) is 3.11. The number of anilines is 1. The SMILES string of the molecule is N#Cc1cccc(NC(=O)c2cnc3ccccn3c2=O)c1. The molecule has 0 radical (unpaired) electrons. The van der Waals surface area contributed by atoms with Crippen molar-refractivity contribution in [3.8, 4) is 6.07 Å². The molecule has 0 saturated heterocycles. The number of benzene rings is 1. The molecule has 2 aromatic heterocycles. The maximum Gasteiger partial charge on any atom is 0.270 e. The van der Waals surface area contributed by atoms with Gasteiger partial charge in [0.1, 0.15) is 11.2 Å². The molecule has 3 rings (SSSR count). The Morgan fingerprint density at radius 2 is 2.09 bits per heavy atom. The average molecular weight is 290 g/mol. The fourth-order valence-corrected chi connectivity index (χ4v) is 2.05. The van der Waals surface area contributed by atoms with E-state index < -0.39 is 11.5 Å². The number of fused-ring (bicyclic) bond motifs is 1. The molecular weight excluding hydrogens is 280 g/mol. The number of aromatic nitrogens is 2. The molecule has 0 fully saturated rings. The van der Waals surface area contributed by atoms with E-state index in [1.54, 1.807) is 42.6 Å². The van der Waals surface area contributed by atoms with Crippen LogP contribution in [0.2, 0.25) is 0 Å². The first-order chi connectivity index (χ1) is 10.7. The fourth-order valence-electron chi connectivity index (χ4n) is 2.05. The van der Waals surface area contributed by atoms with Crippen LogP contribution in [-0.4, -0.2) is 15.3 Å². The third kappa shape index (κ3) is 2.43. The van der Waals surface area contributed by atoms with Crippen LogP contribution >= 0.6 is 0 Å². The zero-order chi connectivity index (χ0) is 15.5. The monoisotopic (exact) mass is 290 g/mol. The predicted molar refractivity (Wildman–Crippen MR) is 80.6 cm³/mol. The summed E-state index contributed by atoms with van der Waals surface area (Å²) in [6.07, 6.45) is 2.80. The minimum Gasteiger partial charge on any atom is -0.322 e. The number of carbonyl (C=O) groups excluding carboxylic acids is 1. The molecule has 1 amide bonds. The zero-order valence-electron chi connectivity index (χ0n) is 11.4. The molecular formula is C16H10N4O2. The lowest BCUT2D eigenvalue weighted by molar-refractivity contribution is 0.102. The Labute approximate surface area is 125 Å². The van der Waals surface area contributed by atoms with Gasteiger partial charge in [0.05, 0.1) is 11.6 Å². The number of nitrogens with zero attached hydrogens (tertiary/aromatic N) is 3. The summed E-state index contributed by atoms with van der Waals surface area (Å²) in [6.45, 7) is 0. The molecule has 0 bridgehead atoms. The minimum atomic E-state index is -0.564. The summed E-state index contributed by atoms with van der Waals surface area (Å²) in [4.78, 5) is 28.6. The van der Waals surface area contributed by atoms with Crippen molar-refractivity contribution in [3.05, 3.63) is 76.3 Å². The molecule has 22 heavy (non-hydrogen) atoms. The highest BCUT2D eigenvalue weighted by Gasteiger charge is 2.13. The topological polar surface area (TPSA) is 87.3 Å².